The monoisotopic (exact) mass is 280 g/mol. The summed E-state index contributed by atoms with van der Waals surface area (Å²) in [5.41, 5.74) is 4.15. The average Bonchev–Trinajstić information content (AvgIpc) is 2.87. The van der Waals surface area contributed by atoms with Crippen LogP contribution < -0.4 is 5.30 Å². The van der Waals surface area contributed by atoms with Crippen LogP contribution >= 0.6 is 7.14 Å². The van der Waals surface area contributed by atoms with Gasteiger partial charge in [-0.3, -0.25) is 0 Å². The van der Waals surface area contributed by atoms with Gasteiger partial charge in [0.1, 0.15) is 7.14 Å². The predicted molar refractivity (Wildman–Crippen MR) is 84.8 cm³/mol. The van der Waals surface area contributed by atoms with Crippen molar-refractivity contribution < 1.29 is 4.57 Å². The van der Waals surface area contributed by atoms with Gasteiger partial charge in [0, 0.05) is 11.5 Å². The van der Waals surface area contributed by atoms with Gasteiger partial charge in [-0.2, -0.15) is 0 Å². The molecule has 2 aromatic rings. The molecule has 1 aliphatic carbocycles. The van der Waals surface area contributed by atoms with Gasteiger partial charge >= 0.3 is 0 Å². The van der Waals surface area contributed by atoms with Gasteiger partial charge in [0.05, 0.1) is 0 Å². The summed E-state index contributed by atoms with van der Waals surface area (Å²) in [5, 5.41) is 2.30. The maximum Gasteiger partial charge on any atom is 0.140 e. The van der Waals surface area contributed by atoms with Crippen LogP contribution in [0, 0.1) is 0 Å². The summed E-state index contributed by atoms with van der Waals surface area (Å²) >= 11 is 0. The third-order valence-corrected chi connectivity index (χ3v) is 7.96. The molecule has 0 saturated carbocycles. The largest absolute Gasteiger partial charge is 0.314 e. The fourth-order valence-corrected chi connectivity index (χ4v) is 6.80. The van der Waals surface area contributed by atoms with E-state index in [9.17, 15) is 4.57 Å². The molecule has 2 aliphatic rings. The molecule has 0 amide bonds. The summed E-state index contributed by atoms with van der Waals surface area (Å²) in [6, 6.07) is 18.7. The Balaban J connectivity index is 1.89. The van der Waals surface area contributed by atoms with Gasteiger partial charge in [-0.25, -0.2) is 0 Å². The van der Waals surface area contributed by atoms with E-state index in [1.54, 1.807) is 0 Å². The quantitative estimate of drug-likeness (QED) is 0.706. The van der Waals surface area contributed by atoms with Gasteiger partial charge < -0.3 is 4.57 Å². The van der Waals surface area contributed by atoms with Crippen LogP contribution in [0.15, 0.2) is 59.9 Å². The van der Waals surface area contributed by atoms with Crippen LogP contribution in [0.5, 0.6) is 0 Å². The first kappa shape index (κ1) is 12.2. The van der Waals surface area contributed by atoms with Gasteiger partial charge in [-0.15, -0.1) is 0 Å². The van der Waals surface area contributed by atoms with Crippen LogP contribution in [0.25, 0.3) is 5.57 Å². The van der Waals surface area contributed by atoms with E-state index >= 15 is 0 Å². The number of hydrogen-bond donors (Lipinski definition) is 0. The molecule has 1 nitrogen and oxygen atoms in total. The van der Waals surface area contributed by atoms with Crippen molar-refractivity contribution in [3.05, 3.63) is 71.0 Å². The summed E-state index contributed by atoms with van der Waals surface area (Å²) in [6.45, 7) is 0. The second kappa shape index (κ2) is 4.46. The Labute approximate surface area is 119 Å². The van der Waals surface area contributed by atoms with Crippen molar-refractivity contribution >= 4 is 18.0 Å². The Morgan fingerprint density at radius 2 is 1.55 bits per heavy atom. The van der Waals surface area contributed by atoms with Gasteiger partial charge in [0.2, 0.25) is 0 Å². The van der Waals surface area contributed by atoms with Crippen LogP contribution in [0.2, 0.25) is 0 Å². The lowest BCUT2D eigenvalue weighted by atomic mass is 9.90. The van der Waals surface area contributed by atoms with Crippen LogP contribution in [0.3, 0.4) is 0 Å². The van der Waals surface area contributed by atoms with Crippen molar-refractivity contribution in [1.82, 2.24) is 0 Å². The first-order valence-electron chi connectivity index (χ1n) is 7.24. The molecule has 100 valence electrons. The minimum atomic E-state index is -2.33. The Bertz CT molecular complexity index is 743. The minimum Gasteiger partial charge on any atom is -0.314 e. The van der Waals surface area contributed by atoms with Gasteiger partial charge in [0.25, 0.3) is 0 Å². The molecular formula is C18H17OP. The van der Waals surface area contributed by atoms with Crippen molar-refractivity contribution in [2.75, 3.05) is 6.16 Å². The maximum atomic E-state index is 13.5. The van der Waals surface area contributed by atoms with E-state index in [0.29, 0.717) is 0 Å². The van der Waals surface area contributed by atoms with Crippen LogP contribution in [0.4, 0.5) is 0 Å². The number of fused-ring (bicyclic) bond motifs is 2. The molecule has 20 heavy (non-hydrogen) atoms. The van der Waals surface area contributed by atoms with Gasteiger partial charge in [-0.1, -0.05) is 54.6 Å². The van der Waals surface area contributed by atoms with Crippen molar-refractivity contribution in [2.24, 2.45) is 0 Å². The van der Waals surface area contributed by atoms with Crippen LogP contribution in [-0.4, -0.2) is 6.16 Å². The minimum absolute atomic E-state index is 0.815. The lowest BCUT2D eigenvalue weighted by molar-refractivity contribution is 0.585. The fraction of sp³-hybridized carbons (Fsp3) is 0.222. The van der Waals surface area contributed by atoms with Crippen molar-refractivity contribution in [3.8, 4) is 0 Å². The summed E-state index contributed by atoms with van der Waals surface area (Å²) in [4.78, 5) is 0. The lowest BCUT2D eigenvalue weighted by Gasteiger charge is -2.22. The summed E-state index contributed by atoms with van der Waals surface area (Å²) in [7, 11) is -2.33. The predicted octanol–water partition coefficient (Wildman–Crippen LogP) is 4.44. The number of benzene rings is 2. The van der Waals surface area contributed by atoms with Crippen molar-refractivity contribution in [3.63, 3.8) is 0 Å². The topological polar surface area (TPSA) is 17.1 Å². The molecule has 0 bridgehead atoms. The number of allylic oxidation sites excluding steroid dienone is 2. The molecule has 0 fully saturated rings. The molecule has 2 aromatic carbocycles. The molecule has 0 radical (unpaired) electrons. The third kappa shape index (κ3) is 1.66. The molecule has 1 heterocycles. The molecule has 0 N–H and O–H groups in total. The van der Waals surface area contributed by atoms with Crippen LogP contribution in [-0.2, 0) is 11.0 Å². The molecule has 0 spiro atoms. The highest BCUT2D eigenvalue weighted by Gasteiger charge is 2.39. The maximum absolute atomic E-state index is 13.5. The zero-order valence-electron chi connectivity index (χ0n) is 11.4. The average molecular weight is 280 g/mol. The zero-order chi connectivity index (χ0) is 13.6. The zero-order valence-corrected chi connectivity index (χ0v) is 12.3. The van der Waals surface area contributed by atoms with Crippen molar-refractivity contribution in [2.45, 2.75) is 19.3 Å². The highest BCUT2D eigenvalue weighted by Crippen LogP contribution is 2.64. The molecule has 4 rings (SSSR count). The number of aryl methyl sites for hydroxylation is 1. The molecule has 0 aromatic heterocycles. The Kier molecular flexibility index (Phi) is 2.72. The second-order valence-corrected chi connectivity index (χ2v) is 8.61. The standard InChI is InChI=1S/C18H17OP/c19-20(15-7-2-1-3-8-15)13-12-17-16-9-5-4-6-14(16)10-11-18(17)20/h1-9H,10-13H2. The summed E-state index contributed by atoms with van der Waals surface area (Å²) in [5.74, 6) is 0. The smallest absolute Gasteiger partial charge is 0.140 e. The highest BCUT2D eigenvalue weighted by molar-refractivity contribution is 7.76. The van der Waals surface area contributed by atoms with E-state index in [1.165, 1.54) is 22.0 Å². The summed E-state index contributed by atoms with van der Waals surface area (Å²) in [6.07, 6.45) is 3.79. The van der Waals surface area contributed by atoms with E-state index in [0.717, 1.165) is 30.7 Å². The van der Waals surface area contributed by atoms with E-state index in [2.05, 4.69) is 24.3 Å². The SMILES string of the molecule is O=P1(c2ccccc2)CCC2=C1CCc1ccccc12. The second-order valence-electron chi connectivity index (χ2n) is 5.63. The Hall–Kier alpha value is -1.59. The van der Waals surface area contributed by atoms with Gasteiger partial charge in [-0.05, 0) is 41.3 Å². The van der Waals surface area contributed by atoms with Crippen LogP contribution in [0.1, 0.15) is 24.0 Å². The lowest BCUT2D eigenvalue weighted by Crippen LogP contribution is -2.08. The Morgan fingerprint density at radius 1 is 0.800 bits per heavy atom. The normalized spacial score (nSPS) is 24.4. The molecule has 2 heteroatoms. The highest BCUT2D eigenvalue weighted by atomic mass is 31.2. The summed E-state index contributed by atoms with van der Waals surface area (Å²) < 4.78 is 13.5. The van der Waals surface area contributed by atoms with E-state index in [4.69, 9.17) is 0 Å². The van der Waals surface area contributed by atoms with E-state index < -0.39 is 7.14 Å². The first-order valence-corrected chi connectivity index (χ1v) is 9.14. The fourth-order valence-electron chi connectivity index (χ4n) is 3.63. The molecule has 1 unspecified atom stereocenters. The molecule has 1 aliphatic heterocycles. The van der Waals surface area contributed by atoms with Crippen molar-refractivity contribution in [1.29, 1.82) is 0 Å². The van der Waals surface area contributed by atoms with Gasteiger partial charge in [0.15, 0.2) is 0 Å². The van der Waals surface area contributed by atoms with E-state index in [1.807, 2.05) is 30.3 Å². The third-order valence-electron chi connectivity index (χ3n) is 4.61. The number of rotatable bonds is 1. The Morgan fingerprint density at radius 3 is 2.40 bits per heavy atom. The molecule has 1 atom stereocenters. The first-order chi connectivity index (χ1) is 9.79. The molecule has 0 saturated heterocycles. The van der Waals surface area contributed by atoms with E-state index in [-0.39, 0.29) is 0 Å². The number of hydrogen-bond acceptors (Lipinski definition) is 1. The molecular weight excluding hydrogens is 263 g/mol.